The van der Waals surface area contributed by atoms with Crippen LogP contribution in [-0.2, 0) is 20.7 Å². The average Bonchev–Trinajstić information content (AvgIpc) is 3.07. The van der Waals surface area contributed by atoms with Crippen LogP contribution in [-0.4, -0.2) is 61.5 Å². The van der Waals surface area contributed by atoms with Crippen LogP contribution in [0.1, 0.15) is 36.8 Å². The minimum absolute atomic E-state index is 0.171. The van der Waals surface area contributed by atoms with Gasteiger partial charge in [-0.15, -0.1) is 0 Å². The summed E-state index contributed by atoms with van der Waals surface area (Å²) in [6.45, 7) is 5.39. The predicted molar refractivity (Wildman–Crippen MR) is 101 cm³/mol. The number of likely N-dealkylation sites (tertiary alicyclic amines) is 2. The van der Waals surface area contributed by atoms with Crippen LogP contribution in [0.15, 0.2) is 24.3 Å². The Bertz CT molecular complexity index is 643. The molecule has 2 aliphatic heterocycles. The lowest BCUT2D eigenvalue weighted by Gasteiger charge is -2.39. The zero-order valence-corrected chi connectivity index (χ0v) is 16.0. The molecule has 0 saturated carbocycles. The third kappa shape index (κ3) is 4.09. The Morgan fingerprint density at radius 2 is 1.96 bits per heavy atom. The summed E-state index contributed by atoms with van der Waals surface area (Å²) in [5, 5.41) is 0. The third-order valence-corrected chi connectivity index (χ3v) is 5.84. The number of amides is 2. The van der Waals surface area contributed by atoms with E-state index in [0.29, 0.717) is 32.7 Å². The molecule has 2 fully saturated rings. The SMILES string of the molecule is COCCN1CCC[C@@]2(CCN(C(=O)CCc3ccc(C)cc3)C2)C1=O. The number of aryl methyl sites for hydroxylation is 2. The lowest BCUT2D eigenvalue weighted by Crippen LogP contribution is -2.51. The number of rotatable bonds is 6. The van der Waals surface area contributed by atoms with Crippen LogP contribution in [0.25, 0.3) is 0 Å². The third-order valence-electron chi connectivity index (χ3n) is 5.84. The van der Waals surface area contributed by atoms with Crippen molar-refractivity contribution in [2.24, 2.45) is 5.41 Å². The second kappa shape index (κ2) is 8.21. The highest BCUT2D eigenvalue weighted by Crippen LogP contribution is 2.40. The summed E-state index contributed by atoms with van der Waals surface area (Å²) in [5.41, 5.74) is 2.07. The Labute approximate surface area is 156 Å². The van der Waals surface area contributed by atoms with E-state index in [1.54, 1.807) is 7.11 Å². The summed E-state index contributed by atoms with van der Waals surface area (Å²) in [4.78, 5) is 29.5. The summed E-state index contributed by atoms with van der Waals surface area (Å²) in [6.07, 6.45) is 3.99. The minimum Gasteiger partial charge on any atom is -0.383 e. The van der Waals surface area contributed by atoms with E-state index in [0.717, 1.165) is 32.2 Å². The van der Waals surface area contributed by atoms with Gasteiger partial charge in [0, 0.05) is 39.7 Å². The molecule has 3 rings (SSSR count). The van der Waals surface area contributed by atoms with Crippen molar-refractivity contribution < 1.29 is 14.3 Å². The van der Waals surface area contributed by atoms with Crippen molar-refractivity contribution in [1.82, 2.24) is 9.80 Å². The molecule has 1 atom stereocenters. The summed E-state index contributed by atoms with van der Waals surface area (Å²) < 4.78 is 5.13. The molecule has 5 nitrogen and oxygen atoms in total. The largest absolute Gasteiger partial charge is 0.383 e. The van der Waals surface area contributed by atoms with Gasteiger partial charge in [-0.25, -0.2) is 0 Å². The van der Waals surface area contributed by atoms with E-state index < -0.39 is 0 Å². The van der Waals surface area contributed by atoms with E-state index >= 15 is 0 Å². The Kier molecular flexibility index (Phi) is 5.97. The van der Waals surface area contributed by atoms with Gasteiger partial charge in [0.15, 0.2) is 0 Å². The van der Waals surface area contributed by atoms with Crippen LogP contribution < -0.4 is 0 Å². The van der Waals surface area contributed by atoms with Gasteiger partial charge in [0.25, 0.3) is 0 Å². The first-order valence-corrected chi connectivity index (χ1v) is 9.66. The number of carbonyl (C=O) groups is 2. The van der Waals surface area contributed by atoms with Gasteiger partial charge in [-0.3, -0.25) is 9.59 Å². The van der Waals surface area contributed by atoms with Gasteiger partial charge in [0.1, 0.15) is 0 Å². The standard InChI is InChI=1S/C21H30N2O3/c1-17-4-6-18(7-5-17)8-9-19(24)23-13-11-21(16-23)10-3-12-22(20(21)25)14-15-26-2/h4-7H,3,8-16H2,1-2H3/t21-/m0/s1. The van der Waals surface area contributed by atoms with Crippen LogP contribution in [0.4, 0.5) is 0 Å². The number of hydrogen-bond donors (Lipinski definition) is 0. The van der Waals surface area contributed by atoms with Crippen LogP contribution in [0.5, 0.6) is 0 Å². The zero-order chi connectivity index (χ0) is 18.6. The summed E-state index contributed by atoms with van der Waals surface area (Å²) >= 11 is 0. The Morgan fingerprint density at radius 1 is 1.19 bits per heavy atom. The summed E-state index contributed by atoms with van der Waals surface area (Å²) in [6, 6.07) is 8.35. The smallest absolute Gasteiger partial charge is 0.230 e. The van der Waals surface area contributed by atoms with Gasteiger partial charge < -0.3 is 14.5 Å². The number of piperidine rings is 1. The van der Waals surface area contributed by atoms with Gasteiger partial charge in [-0.2, -0.15) is 0 Å². The van der Waals surface area contributed by atoms with Crippen molar-refractivity contribution in [2.45, 2.75) is 39.0 Å². The van der Waals surface area contributed by atoms with E-state index in [1.807, 2.05) is 9.80 Å². The van der Waals surface area contributed by atoms with Gasteiger partial charge in [-0.05, 0) is 38.2 Å². The molecule has 1 spiro atoms. The molecule has 5 heteroatoms. The highest BCUT2D eigenvalue weighted by Gasteiger charge is 2.49. The van der Waals surface area contributed by atoms with E-state index in [4.69, 9.17) is 4.74 Å². The number of ether oxygens (including phenoxy) is 1. The van der Waals surface area contributed by atoms with Crippen molar-refractivity contribution in [3.63, 3.8) is 0 Å². The fraction of sp³-hybridized carbons (Fsp3) is 0.619. The average molecular weight is 358 g/mol. The van der Waals surface area contributed by atoms with Crippen LogP contribution in [0, 0.1) is 12.3 Å². The lowest BCUT2D eigenvalue weighted by atomic mass is 9.78. The molecule has 0 aromatic heterocycles. The molecule has 142 valence electrons. The Morgan fingerprint density at radius 3 is 2.69 bits per heavy atom. The number of hydrogen-bond acceptors (Lipinski definition) is 3. The zero-order valence-electron chi connectivity index (χ0n) is 16.0. The van der Waals surface area contributed by atoms with E-state index in [-0.39, 0.29) is 17.2 Å². The number of benzene rings is 1. The second-order valence-electron chi connectivity index (χ2n) is 7.72. The van der Waals surface area contributed by atoms with Gasteiger partial charge in [0.2, 0.25) is 11.8 Å². The molecule has 0 N–H and O–H groups in total. The first kappa shape index (κ1) is 18.9. The summed E-state index contributed by atoms with van der Waals surface area (Å²) in [7, 11) is 1.66. The van der Waals surface area contributed by atoms with Gasteiger partial charge >= 0.3 is 0 Å². The molecule has 0 unspecified atom stereocenters. The fourth-order valence-corrected chi connectivity index (χ4v) is 4.20. The highest BCUT2D eigenvalue weighted by molar-refractivity contribution is 5.86. The normalized spacial score (nSPS) is 23.1. The molecule has 2 heterocycles. The number of methoxy groups -OCH3 is 1. The van der Waals surface area contributed by atoms with Crippen molar-refractivity contribution in [1.29, 1.82) is 0 Å². The molecule has 0 bridgehead atoms. The Hall–Kier alpha value is -1.88. The topological polar surface area (TPSA) is 49.9 Å². The molecule has 0 radical (unpaired) electrons. The molecule has 26 heavy (non-hydrogen) atoms. The predicted octanol–water partition coefficient (Wildman–Crippen LogP) is 2.42. The van der Waals surface area contributed by atoms with Crippen molar-refractivity contribution >= 4 is 11.8 Å². The van der Waals surface area contributed by atoms with Crippen molar-refractivity contribution in [2.75, 3.05) is 39.9 Å². The molecule has 1 aromatic carbocycles. The maximum absolute atomic E-state index is 13.0. The van der Waals surface area contributed by atoms with Crippen molar-refractivity contribution in [3.8, 4) is 0 Å². The highest BCUT2D eigenvalue weighted by atomic mass is 16.5. The van der Waals surface area contributed by atoms with Gasteiger partial charge in [0.05, 0.1) is 12.0 Å². The first-order chi connectivity index (χ1) is 12.5. The lowest BCUT2D eigenvalue weighted by molar-refractivity contribution is -0.146. The monoisotopic (exact) mass is 358 g/mol. The minimum atomic E-state index is -0.356. The quantitative estimate of drug-likeness (QED) is 0.785. The van der Waals surface area contributed by atoms with Crippen molar-refractivity contribution in [3.05, 3.63) is 35.4 Å². The van der Waals surface area contributed by atoms with E-state index in [9.17, 15) is 9.59 Å². The number of carbonyl (C=O) groups excluding carboxylic acids is 2. The van der Waals surface area contributed by atoms with E-state index in [2.05, 4.69) is 31.2 Å². The number of nitrogens with zero attached hydrogens (tertiary/aromatic N) is 2. The maximum Gasteiger partial charge on any atom is 0.230 e. The Balaban J connectivity index is 1.55. The molecule has 0 aliphatic carbocycles. The van der Waals surface area contributed by atoms with Crippen LogP contribution in [0.2, 0.25) is 0 Å². The molecule has 2 saturated heterocycles. The first-order valence-electron chi connectivity index (χ1n) is 9.66. The van der Waals surface area contributed by atoms with Crippen LogP contribution >= 0.6 is 0 Å². The van der Waals surface area contributed by atoms with Crippen LogP contribution in [0.3, 0.4) is 0 Å². The van der Waals surface area contributed by atoms with E-state index in [1.165, 1.54) is 11.1 Å². The van der Waals surface area contributed by atoms with Gasteiger partial charge in [-0.1, -0.05) is 29.8 Å². The molecule has 2 aliphatic rings. The molecule has 2 amide bonds. The second-order valence-corrected chi connectivity index (χ2v) is 7.72. The molecular weight excluding hydrogens is 328 g/mol. The molecular formula is C21H30N2O3. The molecule has 1 aromatic rings. The fourth-order valence-electron chi connectivity index (χ4n) is 4.20. The summed E-state index contributed by atoms with van der Waals surface area (Å²) in [5.74, 6) is 0.388. The maximum atomic E-state index is 13.0.